The Hall–Kier alpha value is -1.08. The van der Waals surface area contributed by atoms with Crippen LogP contribution in [0.3, 0.4) is 0 Å². The number of benzene rings is 1. The second-order valence-electron chi connectivity index (χ2n) is 3.87. The Morgan fingerprint density at radius 1 is 1.50 bits per heavy atom. The van der Waals surface area contributed by atoms with Crippen molar-refractivity contribution in [3.8, 4) is 0 Å². The second kappa shape index (κ2) is 4.97. The van der Waals surface area contributed by atoms with Gasteiger partial charge in [0.2, 0.25) is 0 Å². The molecule has 1 unspecified atom stereocenters. The first-order valence-corrected chi connectivity index (χ1v) is 4.98. The van der Waals surface area contributed by atoms with E-state index in [2.05, 4.69) is 44.2 Å². The summed E-state index contributed by atoms with van der Waals surface area (Å²) in [4.78, 5) is 0. The van der Waals surface area contributed by atoms with Crippen molar-refractivity contribution in [2.75, 3.05) is 6.61 Å². The van der Waals surface area contributed by atoms with Crippen molar-refractivity contribution in [1.29, 1.82) is 0 Å². The van der Waals surface area contributed by atoms with Gasteiger partial charge in [0, 0.05) is 0 Å². The molecular weight excluding hydrogens is 172 g/mol. The molecule has 76 valence electrons. The molecule has 1 nitrogen and oxygen atoms in total. The number of rotatable bonds is 3. The molecule has 0 saturated heterocycles. The van der Waals surface area contributed by atoms with E-state index in [0.29, 0.717) is 5.92 Å². The van der Waals surface area contributed by atoms with Gasteiger partial charge in [0.1, 0.15) is 0 Å². The van der Waals surface area contributed by atoms with Crippen molar-refractivity contribution in [2.45, 2.75) is 26.7 Å². The van der Waals surface area contributed by atoms with Gasteiger partial charge in [-0.2, -0.15) is 0 Å². The van der Waals surface area contributed by atoms with Crippen LogP contribution in [0.5, 0.6) is 0 Å². The van der Waals surface area contributed by atoms with Gasteiger partial charge in [0.15, 0.2) is 0 Å². The van der Waals surface area contributed by atoms with Gasteiger partial charge in [-0.15, -0.1) is 0 Å². The Morgan fingerprint density at radius 2 is 2.21 bits per heavy atom. The van der Waals surface area contributed by atoms with Crippen LogP contribution in [0.15, 0.2) is 35.9 Å². The van der Waals surface area contributed by atoms with Gasteiger partial charge in [0.05, 0.1) is 6.61 Å². The summed E-state index contributed by atoms with van der Waals surface area (Å²) in [6, 6.07) is 8.48. The fourth-order valence-corrected chi connectivity index (χ4v) is 1.53. The van der Waals surface area contributed by atoms with Crippen LogP contribution < -0.4 is 0 Å². The number of aliphatic hydroxyl groups is 1. The fourth-order valence-electron chi connectivity index (χ4n) is 1.53. The Kier molecular flexibility index (Phi) is 3.90. The minimum Gasteiger partial charge on any atom is -0.392 e. The third-order valence-electron chi connectivity index (χ3n) is 2.35. The molecule has 1 atom stereocenters. The van der Waals surface area contributed by atoms with E-state index in [9.17, 15) is 0 Å². The Labute approximate surface area is 86.1 Å². The smallest absolute Gasteiger partial charge is 0.0639 e. The van der Waals surface area contributed by atoms with Crippen LogP contribution in [0, 0.1) is 6.92 Å². The summed E-state index contributed by atoms with van der Waals surface area (Å²) in [5.74, 6) is 0.377. The zero-order valence-corrected chi connectivity index (χ0v) is 9.12. The van der Waals surface area contributed by atoms with E-state index in [-0.39, 0.29) is 6.61 Å². The van der Waals surface area contributed by atoms with Crippen molar-refractivity contribution in [3.05, 3.63) is 47.0 Å². The Balaban J connectivity index is 2.84. The summed E-state index contributed by atoms with van der Waals surface area (Å²) in [6.07, 6.45) is 2.11. The van der Waals surface area contributed by atoms with Crippen molar-refractivity contribution in [2.24, 2.45) is 0 Å². The normalized spacial score (nSPS) is 14.1. The number of hydrogen-bond acceptors (Lipinski definition) is 1. The molecule has 1 aromatic carbocycles. The summed E-state index contributed by atoms with van der Waals surface area (Å²) in [7, 11) is 0. The van der Waals surface area contributed by atoms with Gasteiger partial charge >= 0.3 is 0 Å². The number of aliphatic hydroxyl groups excluding tert-OH is 1. The monoisotopic (exact) mass is 190 g/mol. The molecule has 0 amide bonds. The van der Waals surface area contributed by atoms with Crippen LogP contribution in [0.1, 0.15) is 30.9 Å². The number of hydrogen-bond donors (Lipinski definition) is 1. The minimum absolute atomic E-state index is 0.149. The first kappa shape index (κ1) is 11.0. The molecule has 1 rings (SSSR count). The predicted molar refractivity (Wildman–Crippen MR) is 60.4 cm³/mol. The molecule has 14 heavy (non-hydrogen) atoms. The molecule has 0 radical (unpaired) electrons. The summed E-state index contributed by atoms with van der Waals surface area (Å²) < 4.78 is 0. The van der Waals surface area contributed by atoms with Gasteiger partial charge in [-0.25, -0.2) is 0 Å². The Morgan fingerprint density at radius 3 is 2.79 bits per heavy atom. The first-order chi connectivity index (χ1) is 6.63. The van der Waals surface area contributed by atoms with Crippen molar-refractivity contribution in [3.63, 3.8) is 0 Å². The van der Waals surface area contributed by atoms with E-state index in [0.717, 1.165) is 5.57 Å². The lowest BCUT2D eigenvalue weighted by molar-refractivity contribution is 0.330. The van der Waals surface area contributed by atoms with Gasteiger partial charge in [-0.1, -0.05) is 48.4 Å². The van der Waals surface area contributed by atoms with E-state index >= 15 is 0 Å². The summed E-state index contributed by atoms with van der Waals surface area (Å²) in [5.41, 5.74) is 3.61. The maximum Gasteiger partial charge on any atom is 0.0639 e. The molecule has 0 aliphatic heterocycles. The standard InChI is InChI=1S/C13H18O/c1-10-5-4-6-13(8-10)12(3)7-11(2)9-14/h4-8,12,14H,9H2,1-3H3/b11-7-. The molecule has 1 heteroatoms. The van der Waals surface area contributed by atoms with Crippen LogP contribution in [0.4, 0.5) is 0 Å². The second-order valence-corrected chi connectivity index (χ2v) is 3.87. The van der Waals surface area contributed by atoms with Crippen molar-refractivity contribution >= 4 is 0 Å². The predicted octanol–water partition coefficient (Wildman–Crippen LogP) is 3.04. The van der Waals surface area contributed by atoms with Crippen molar-refractivity contribution < 1.29 is 5.11 Å². The minimum atomic E-state index is 0.149. The van der Waals surface area contributed by atoms with E-state index < -0.39 is 0 Å². The van der Waals surface area contributed by atoms with Crippen LogP contribution >= 0.6 is 0 Å². The molecule has 0 spiro atoms. The maximum absolute atomic E-state index is 8.92. The molecule has 0 heterocycles. The molecule has 0 saturated carbocycles. The third kappa shape index (κ3) is 3.00. The largest absolute Gasteiger partial charge is 0.392 e. The van der Waals surface area contributed by atoms with E-state index in [4.69, 9.17) is 5.11 Å². The molecule has 0 fully saturated rings. The van der Waals surface area contributed by atoms with E-state index in [1.165, 1.54) is 11.1 Å². The number of aryl methyl sites for hydroxylation is 1. The lowest BCUT2D eigenvalue weighted by Gasteiger charge is -2.08. The summed E-state index contributed by atoms with van der Waals surface area (Å²) in [5, 5.41) is 8.92. The van der Waals surface area contributed by atoms with Gasteiger partial charge in [-0.05, 0) is 25.3 Å². The zero-order valence-electron chi connectivity index (χ0n) is 9.12. The van der Waals surface area contributed by atoms with Gasteiger partial charge in [-0.3, -0.25) is 0 Å². The number of allylic oxidation sites excluding steroid dienone is 1. The van der Waals surface area contributed by atoms with E-state index in [1.54, 1.807) is 0 Å². The molecule has 1 N–H and O–H groups in total. The lowest BCUT2D eigenvalue weighted by Crippen LogP contribution is -1.93. The molecule has 0 aromatic heterocycles. The summed E-state index contributed by atoms with van der Waals surface area (Å²) in [6.45, 7) is 6.34. The van der Waals surface area contributed by atoms with Crippen LogP contribution in [0.25, 0.3) is 0 Å². The topological polar surface area (TPSA) is 20.2 Å². The highest BCUT2D eigenvalue weighted by molar-refractivity contribution is 5.28. The average Bonchev–Trinajstić information content (AvgIpc) is 2.17. The van der Waals surface area contributed by atoms with Crippen molar-refractivity contribution in [1.82, 2.24) is 0 Å². The molecule has 0 bridgehead atoms. The molecular formula is C13H18O. The molecule has 0 aliphatic rings. The zero-order chi connectivity index (χ0) is 10.6. The van der Waals surface area contributed by atoms with Gasteiger partial charge < -0.3 is 5.11 Å². The fraction of sp³-hybridized carbons (Fsp3) is 0.385. The van der Waals surface area contributed by atoms with Gasteiger partial charge in [0.25, 0.3) is 0 Å². The van der Waals surface area contributed by atoms with Crippen LogP contribution in [0.2, 0.25) is 0 Å². The van der Waals surface area contributed by atoms with Crippen LogP contribution in [-0.2, 0) is 0 Å². The first-order valence-electron chi connectivity index (χ1n) is 4.98. The highest BCUT2D eigenvalue weighted by Crippen LogP contribution is 2.18. The Bertz CT molecular complexity index is 326. The SMILES string of the molecule is C/C(=C/C(C)c1cccc(C)c1)CO. The molecule has 0 aliphatic carbocycles. The van der Waals surface area contributed by atoms with Crippen LogP contribution in [-0.4, -0.2) is 11.7 Å². The third-order valence-corrected chi connectivity index (χ3v) is 2.35. The average molecular weight is 190 g/mol. The summed E-state index contributed by atoms with van der Waals surface area (Å²) >= 11 is 0. The molecule has 1 aromatic rings. The highest BCUT2D eigenvalue weighted by Gasteiger charge is 2.02. The van der Waals surface area contributed by atoms with E-state index in [1.807, 2.05) is 6.92 Å². The lowest BCUT2D eigenvalue weighted by atomic mass is 9.97. The maximum atomic E-state index is 8.92. The highest BCUT2D eigenvalue weighted by atomic mass is 16.3. The quantitative estimate of drug-likeness (QED) is 0.726.